The molecule has 0 unspecified atom stereocenters. The zero-order valence-corrected chi connectivity index (χ0v) is 11.9. The van der Waals surface area contributed by atoms with Gasteiger partial charge in [0.05, 0.1) is 5.69 Å². The van der Waals surface area contributed by atoms with E-state index < -0.39 is 0 Å². The highest BCUT2D eigenvalue weighted by molar-refractivity contribution is 5.94. The largest absolute Gasteiger partial charge is 0.338 e. The van der Waals surface area contributed by atoms with Gasteiger partial charge in [0.15, 0.2) is 0 Å². The first-order valence-corrected chi connectivity index (χ1v) is 7.08. The van der Waals surface area contributed by atoms with E-state index in [0.29, 0.717) is 17.5 Å². The molecule has 0 atom stereocenters. The molecule has 2 heterocycles. The summed E-state index contributed by atoms with van der Waals surface area (Å²) in [6, 6.07) is 3.58. The fourth-order valence-electron chi connectivity index (χ4n) is 2.84. The Labute approximate surface area is 115 Å². The number of nitrogens with zero attached hydrogens (tertiary/aromatic N) is 2. The number of likely N-dealkylation sites (tertiary alicyclic amines) is 1. The molecule has 1 saturated heterocycles. The van der Waals surface area contributed by atoms with Crippen LogP contribution in [0.15, 0.2) is 18.3 Å². The molecule has 1 aliphatic rings. The van der Waals surface area contributed by atoms with E-state index in [1.54, 1.807) is 18.3 Å². The minimum absolute atomic E-state index is 0.112. The van der Waals surface area contributed by atoms with Crippen LogP contribution in [0.3, 0.4) is 0 Å². The predicted molar refractivity (Wildman–Crippen MR) is 75.7 cm³/mol. The molecule has 104 valence electrons. The van der Waals surface area contributed by atoms with Crippen LogP contribution in [0.2, 0.25) is 0 Å². The summed E-state index contributed by atoms with van der Waals surface area (Å²) in [6.45, 7) is 6.54. The molecule has 0 spiro atoms. The smallest absolute Gasteiger partial charge is 0.253 e. The number of carbonyl (C=O) groups is 1. The van der Waals surface area contributed by atoms with Crippen molar-refractivity contribution in [2.45, 2.75) is 39.7 Å². The van der Waals surface area contributed by atoms with Gasteiger partial charge in [-0.15, -0.1) is 0 Å². The second kappa shape index (κ2) is 5.70. The topological polar surface area (TPSA) is 59.2 Å². The lowest BCUT2D eigenvalue weighted by Gasteiger charge is -2.26. The first kappa shape index (κ1) is 14.0. The molecule has 1 amide bonds. The van der Waals surface area contributed by atoms with E-state index in [9.17, 15) is 4.79 Å². The molecule has 1 aromatic rings. The maximum atomic E-state index is 12.5. The first-order chi connectivity index (χ1) is 9.14. The van der Waals surface area contributed by atoms with Crippen LogP contribution in [0.1, 0.15) is 49.2 Å². The van der Waals surface area contributed by atoms with Crippen LogP contribution in [0.25, 0.3) is 0 Å². The second-order valence-electron chi connectivity index (χ2n) is 5.42. The van der Waals surface area contributed by atoms with Crippen LogP contribution in [0.5, 0.6) is 0 Å². The summed E-state index contributed by atoms with van der Waals surface area (Å²) < 4.78 is 0. The molecule has 1 aliphatic heterocycles. The standard InChI is InChI=1S/C15H23N3O/c1-3-15(4-2)6-8-18(11-15)14(19)12-5-7-17-13(9-12)10-16/h5,7,9H,3-4,6,8,10-11,16H2,1-2H3. The van der Waals surface area contributed by atoms with Crippen LogP contribution in [0.4, 0.5) is 0 Å². The van der Waals surface area contributed by atoms with Crippen molar-refractivity contribution >= 4 is 5.91 Å². The molecule has 0 saturated carbocycles. The van der Waals surface area contributed by atoms with Gasteiger partial charge in [-0.25, -0.2) is 0 Å². The molecule has 0 radical (unpaired) electrons. The summed E-state index contributed by atoms with van der Waals surface area (Å²) in [7, 11) is 0. The lowest BCUT2D eigenvalue weighted by atomic mass is 9.82. The van der Waals surface area contributed by atoms with Crippen molar-refractivity contribution in [2.75, 3.05) is 13.1 Å². The van der Waals surface area contributed by atoms with Crippen molar-refractivity contribution in [1.29, 1.82) is 0 Å². The van der Waals surface area contributed by atoms with Crippen molar-refractivity contribution in [3.63, 3.8) is 0 Å². The van der Waals surface area contributed by atoms with E-state index in [0.717, 1.165) is 38.0 Å². The molecule has 19 heavy (non-hydrogen) atoms. The van der Waals surface area contributed by atoms with Crippen LogP contribution in [-0.2, 0) is 6.54 Å². The minimum Gasteiger partial charge on any atom is -0.338 e. The zero-order valence-electron chi connectivity index (χ0n) is 11.9. The minimum atomic E-state index is 0.112. The normalized spacial score (nSPS) is 17.7. The monoisotopic (exact) mass is 261 g/mol. The maximum Gasteiger partial charge on any atom is 0.253 e. The van der Waals surface area contributed by atoms with E-state index in [1.165, 1.54) is 0 Å². The van der Waals surface area contributed by atoms with Gasteiger partial charge in [0.1, 0.15) is 0 Å². The highest BCUT2D eigenvalue weighted by Gasteiger charge is 2.37. The molecular formula is C15H23N3O. The molecule has 0 bridgehead atoms. The Morgan fingerprint density at radius 1 is 1.47 bits per heavy atom. The van der Waals surface area contributed by atoms with Gasteiger partial charge in [0, 0.05) is 31.4 Å². The zero-order chi connectivity index (χ0) is 13.9. The van der Waals surface area contributed by atoms with Crippen molar-refractivity contribution in [3.05, 3.63) is 29.6 Å². The first-order valence-electron chi connectivity index (χ1n) is 7.08. The molecule has 0 aliphatic carbocycles. The third-order valence-electron chi connectivity index (χ3n) is 4.50. The number of hydrogen-bond acceptors (Lipinski definition) is 3. The van der Waals surface area contributed by atoms with Gasteiger partial charge in [-0.3, -0.25) is 9.78 Å². The summed E-state index contributed by atoms with van der Waals surface area (Å²) in [6.07, 6.45) is 5.05. The molecule has 0 aromatic carbocycles. The second-order valence-corrected chi connectivity index (χ2v) is 5.42. The van der Waals surface area contributed by atoms with Gasteiger partial charge < -0.3 is 10.6 Å². The summed E-state index contributed by atoms with van der Waals surface area (Å²) in [5.74, 6) is 0.112. The van der Waals surface area contributed by atoms with Crippen LogP contribution in [-0.4, -0.2) is 28.9 Å². The molecule has 4 nitrogen and oxygen atoms in total. The fraction of sp³-hybridized carbons (Fsp3) is 0.600. The Morgan fingerprint density at radius 3 is 2.79 bits per heavy atom. The summed E-state index contributed by atoms with van der Waals surface area (Å²) in [4.78, 5) is 18.6. The number of hydrogen-bond donors (Lipinski definition) is 1. The average Bonchev–Trinajstić information content (AvgIpc) is 2.91. The Kier molecular flexibility index (Phi) is 4.20. The third-order valence-corrected chi connectivity index (χ3v) is 4.50. The van der Waals surface area contributed by atoms with Gasteiger partial charge >= 0.3 is 0 Å². The number of nitrogens with two attached hydrogens (primary N) is 1. The van der Waals surface area contributed by atoms with Gasteiger partial charge in [-0.1, -0.05) is 13.8 Å². The summed E-state index contributed by atoms with van der Waals surface area (Å²) in [5, 5.41) is 0. The number of rotatable bonds is 4. The van der Waals surface area contributed by atoms with Crippen molar-refractivity contribution in [2.24, 2.45) is 11.1 Å². The van der Waals surface area contributed by atoms with Crippen LogP contribution >= 0.6 is 0 Å². The Hall–Kier alpha value is -1.42. The Bertz CT molecular complexity index is 454. The fourth-order valence-corrected chi connectivity index (χ4v) is 2.84. The van der Waals surface area contributed by atoms with Gasteiger partial charge in [0.2, 0.25) is 0 Å². The molecule has 2 rings (SSSR count). The Balaban J connectivity index is 2.13. The SMILES string of the molecule is CCC1(CC)CCN(C(=O)c2ccnc(CN)c2)C1. The number of carbonyl (C=O) groups excluding carboxylic acids is 1. The number of pyridine rings is 1. The van der Waals surface area contributed by atoms with E-state index >= 15 is 0 Å². The van der Waals surface area contributed by atoms with E-state index in [-0.39, 0.29) is 5.91 Å². The Morgan fingerprint density at radius 2 is 2.21 bits per heavy atom. The van der Waals surface area contributed by atoms with Gasteiger partial charge in [-0.2, -0.15) is 0 Å². The highest BCUT2D eigenvalue weighted by Crippen LogP contribution is 2.37. The summed E-state index contributed by atoms with van der Waals surface area (Å²) in [5.41, 5.74) is 7.36. The molecule has 1 fully saturated rings. The van der Waals surface area contributed by atoms with Gasteiger partial charge in [-0.05, 0) is 36.8 Å². The third kappa shape index (κ3) is 2.78. The highest BCUT2D eigenvalue weighted by atomic mass is 16.2. The maximum absolute atomic E-state index is 12.5. The molecule has 4 heteroatoms. The van der Waals surface area contributed by atoms with E-state index in [1.807, 2.05) is 4.90 Å². The van der Waals surface area contributed by atoms with Crippen molar-refractivity contribution in [1.82, 2.24) is 9.88 Å². The number of aromatic nitrogens is 1. The van der Waals surface area contributed by atoms with Crippen molar-refractivity contribution in [3.8, 4) is 0 Å². The van der Waals surface area contributed by atoms with E-state index in [2.05, 4.69) is 18.8 Å². The van der Waals surface area contributed by atoms with E-state index in [4.69, 9.17) is 5.73 Å². The average molecular weight is 261 g/mol. The predicted octanol–water partition coefficient (Wildman–Crippen LogP) is 2.19. The quantitative estimate of drug-likeness (QED) is 0.904. The summed E-state index contributed by atoms with van der Waals surface area (Å²) >= 11 is 0. The number of amides is 1. The molecular weight excluding hydrogens is 238 g/mol. The lowest BCUT2D eigenvalue weighted by molar-refractivity contribution is 0.0769. The lowest BCUT2D eigenvalue weighted by Crippen LogP contribution is -2.31. The van der Waals surface area contributed by atoms with Gasteiger partial charge in [0.25, 0.3) is 5.91 Å². The van der Waals surface area contributed by atoms with Crippen LogP contribution < -0.4 is 5.73 Å². The molecule has 1 aromatic heterocycles. The van der Waals surface area contributed by atoms with Crippen molar-refractivity contribution < 1.29 is 4.79 Å². The molecule has 2 N–H and O–H groups in total. The van der Waals surface area contributed by atoms with Crippen LogP contribution in [0, 0.1) is 5.41 Å².